The maximum absolute atomic E-state index is 13.1. The van der Waals surface area contributed by atoms with Crippen LogP contribution in [0.4, 0.5) is 24.7 Å². The zero-order valence-electron chi connectivity index (χ0n) is 12.5. The number of amides is 1. The first-order valence-corrected chi connectivity index (χ1v) is 7.39. The number of benzene rings is 1. The van der Waals surface area contributed by atoms with E-state index in [1.165, 1.54) is 0 Å². The van der Waals surface area contributed by atoms with Gasteiger partial charge in [-0.15, -0.1) is 0 Å². The maximum Gasteiger partial charge on any atom is 0.421 e. The molecule has 9 heteroatoms. The van der Waals surface area contributed by atoms with Crippen molar-refractivity contribution >= 4 is 29.0 Å². The molecule has 1 aliphatic rings. The van der Waals surface area contributed by atoms with E-state index >= 15 is 0 Å². The molecule has 2 heterocycles. The summed E-state index contributed by atoms with van der Waals surface area (Å²) in [5.74, 6) is -0.612. The van der Waals surface area contributed by atoms with Crippen LogP contribution in [0.25, 0.3) is 0 Å². The molecule has 0 spiro atoms. The Morgan fingerprint density at radius 1 is 1.33 bits per heavy atom. The number of likely N-dealkylation sites (N-methyl/N-ethyl adjacent to an activating group) is 1. The Morgan fingerprint density at radius 3 is 2.79 bits per heavy atom. The van der Waals surface area contributed by atoms with Crippen molar-refractivity contribution in [1.29, 1.82) is 0 Å². The van der Waals surface area contributed by atoms with E-state index in [4.69, 9.17) is 11.6 Å². The number of fused-ring (bicyclic) bond motifs is 1. The third-order valence-corrected chi connectivity index (χ3v) is 3.95. The lowest BCUT2D eigenvalue weighted by molar-refractivity contribution is -0.137. The molecular formula is C15H12ClF3N4O. The van der Waals surface area contributed by atoms with Crippen molar-refractivity contribution in [2.24, 2.45) is 0 Å². The Balaban J connectivity index is 2.05. The third-order valence-electron chi connectivity index (χ3n) is 3.77. The number of carbonyl (C=O) groups is 1. The Morgan fingerprint density at radius 2 is 2.08 bits per heavy atom. The van der Waals surface area contributed by atoms with Crippen LogP contribution >= 0.6 is 11.6 Å². The SMILES string of the molecule is CN1CCc2c(Nc3nc(Cl)ncc3C(F)(F)F)cccc2C1=O. The van der Waals surface area contributed by atoms with Gasteiger partial charge in [0.05, 0.1) is 0 Å². The minimum Gasteiger partial charge on any atom is -0.341 e. The van der Waals surface area contributed by atoms with Crippen molar-refractivity contribution in [3.8, 4) is 0 Å². The van der Waals surface area contributed by atoms with E-state index in [0.29, 0.717) is 36.0 Å². The number of halogens is 4. The molecule has 1 aliphatic heterocycles. The number of anilines is 2. The fourth-order valence-corrected chi connectivity index (χ4v) is 2.68. The van der Waals surface area contributed by atoms with E-state index in [0.717, 1.165) is 0 Å². The van der Waals surface area contributed by atoms with Gasteiger partial charge in [-0.05, 0) is 35.7 Å². The minimum atomic E-state index is -4.63. The average Bonchev–Trinajstić information content (AvgIpc) is 2.50. The first kappa shape index (κ1) is 16.5. The molecule has 2 aromatic rings. The van der Waals surface area contributed by atoms with Gasteiger partial charge in [0.25, 0.3) is 5.91 Å². The molecule has 0 fully saturated rings. The Kier molecular flexibility index (Phi) is 4.08. The van der Waals surface area contributed by atoms with Crippen molar-refractivity contribution < 1.29 is 18.0 Å². The number of aromatic nitrogens is 2. The van der Waals surface area contributed by atoms with E-state index in [1.807, 2.05) is 0 Å². The number of hydrogen-bond acceptors (Lipinski definition) is 4. The summed E-state index contributed by atoms with van der Waals surface area (Å²) in [6.45, 7) is 0.487. The highest BCUT2D eigenvalue weighted by Gasteiger charge is 2.35. The molecule has 0 saturated heterocycles. The summed E-state index contributed by atoms with van der Waals surface area (Å²) >= 11 is 5.63. The number of alkyl halides is 3. The predicted molar refractivity (Wildman–Crippen MR) is 82.4 cm³/mol. The second-order valence-electron chi connectivity index (χ2n) is 5.33. The number of hydrogen-bond donors (Lipinski definition) is 1. The summed E-state index contributed by atoms with van der Waals surface area (Å²) in [6, 6.07) is 4.86. The van der Waals surface area contributed by atoms with Crippen LogP contribution in [0.5, 0.6) is 0 Å². The van der Waals surface area contributed by atoms with Crippen LogP contribution in [0.2, 0.25) is 5.28 Å². The lowest BCUT2D eigenvalue weighted by Crippen LogP contribution is -2.34. The maximum atomic E-state index is 13.1. The highest BCUT2D eigenvalue weighted by atomic mass is 35.5. The zero-order chi connectivity index (χ0) is 17.5. The van der Waals surface area contributed by atoms with Crippen LogP contribution in [0, 0.1) is 0 Å². The summed E-state index contributed by atoms with van der Waals surface area (Å²) in [5.41, 5.74) is 0.490. The fourth-order valence-electron chi connectivity index (χ4n) is 2.55. The molecule has 0 aliphatic carbocycles. The fraction of sp³-hybridized carbons (Fsp3) is 0.267. The summed E-state index contributed by atoms with van der Waals surface area (Å²) in [5, 5.41) is 2.36. The first-order valence-electron chi connectivity index (χ1n) is 7.01. The van der Waals surface area contributed by atoms with Crippen LogP contribution in [-0.2, 0) is 12.6 Å². The van der Waals surface area contributed by atoms with Crippen LogP contribution < -0.4 is 5.32 Å². The van der Waals surface area contributed by atoms with Crippen LogP contribution in [-0.4, -0.2) is 34.4 Å². The molecule has 126 valence electrons. The second-order valence-corrected chi connectivity index (χ2v) is 5.67. The Bertz CT molecular complexity index is 810. The lowest BCUT2D eigenvalue weighted by Gasteiger charge is -2.26. The van der Waals surface area contributed by atoms with Gasteiger partial charge in [-0.1, -0.05) is 6.07 Å². The van der Waals surface area contributed by atoms with E-state index in [1.54, 1.807) is 30.1 Å². The normalized spacial score (nSPS) is 14.5. The average molecular weight is 357 g/mol. The van der Waals surface area contributed by atoms with Crippen molar-refractivity contribution in [2.45, 2.75) is 12.6 Å². The zero-order valence-corrected chi connectivity index (χ0v) is 13.2. The first-order chi connectivity index (χ1) is 11.3. The molecule has 1 aromatic carbocycles. The largest absolute Gasteiger partial charge is 0.421 e. The van der Waals surface area contributed by atoms with Crippen molar-refractivity contribution in [3.63, 3.8) is 0 Å². The molecule has 5 nitrogen and oxygen atoms in total. The van der Waals surface area contributed by atoms with Gasteiger partial charge >= 0.3 is 6.18 Å². The summed E-state index contributed by atoms with van der Waals surface area (Å²) in [6.07, 6.45) is -3.47. The standard InChI is InChI=1S/C15H12ClF3N4O/c1-23-6-5-8-9(13(23)24)3-2-4-11(8)21-12-10(15(17,18)19)7-20-14(16)22-12/h2-4,7H,5-6H2,1H3,(H,20,21,22). The van der Waals surface area contributed by atoms with Crippen molar-refractivity contribution in [2.75, 3.05) is 18.9 Å². The monoisotopic (exact) mass is 356 g/mol. The van der Waals surface area contributed by atoms with Crippen LogP contribution in [0.15, 0.2) is 24.4 Å². The number of nitrogens with one attached hydrogen (secondary N) is 1. The second kappa shape index (κ2) is 5.94. The quantitative estimate of drug-likeness (QED) is 0.836. The summed E-state index contributed by atoms with van der Waals surface area (Å²) in [4.78, 5) is 20.8. The van der Waals surface area contributed by atoms with Gasteiger partial charge < -0.3 is 10.2 Å². The van der Waals surface area contributed by atoms with Gasteiger partial charge in [-0.25, -0.2) is 4.98 Å². The number of carbonyl (C=O) groups excluding carboxylic acids is 1. The molecule has 0 unspecified atom stereocenters. The third kappa shape index (κ3) is 3.01. The Hall–Kier alpha value is -2.35. The van der Waals surface area contributed by atoms with E-state index in [2.05, 4.69) is 15.3 Å². The molecule has 0 radical (unpaired) electrons. The summed E-state index contributed by atoms with van der Waals surface area (Å²) < 4.78 is 39.3. The summed E-state index contributed by atoms with van der Waals surface area (Å²) in [7, 11) is 1.68. The molecule has 1 amide bonds. The molecule has 24 heavy (non-hydrogen) atoms. The van der Waals surface area contributed by atoms with Crippen molar-refractivity contribution in [1.82, 2.24) is 14.9 Å². The van der Waals surface area contributed by atoms with Gasteiger partial charge in [0.2, 0.25) is 5.28 Å². The van der Waals surface area contributed by atoms with Gasteiger partial charge in [-0.3, -0.25) is 4.79 Å². The van der Waals surface area contributed by atoms with Crippen LogP contribution in [0.3, 0.4) is 0 Å². The molecule has 0 saturated carbocycles. The van der Waals surface area contributed by atoms with Gasteiger partial charge in [0.15, 0.2) is 0 Å². The highest BCUT2D eigenvalue weighted by Crippen LogP contribution is 2.36. The Labute approximate surface area is 140 Å². The van der Waals surface area contributed by atoms with Gasteiger partial charge in [-0.2, -0.15) is 18.2 Å². The van der Waals surface area contributed by atoms with Gasteiger partial charge in [0.1, 0.15) is 11.4 Å². The molecule has 3 rings (SSSR count). The number of nitrogens with zero attached hydrogens (tertiary/aromatic N) is 3. The smallest absolute Gasteiger partial charge is 0.341 e. The molecule has 0 bridgehead atoms. The van der Waals surface area contributed by atoms with E-state index in [-0.39, 0.29) is 11.2 Å². The number of rotatable bonds is 2. The molecule has 0 atom stereocenters. The van der Waals surface area contributed by atoms with E-state index in [9.17, 15) is 18.0 Å². The van der Waals surface area contributed by atoms with Gasteiger partial charge in [0, 0.05) is 31.0 Å². The molecule has 1 N–H and O–H groups in total. The van der Waals surface area contributed by atoms with Crippen molar-refractivity contribution in [3.05, 3.63) is 46.4 Å². The minimum absolute atomic E-state index is 0.170. The van der Waals surface area contributed by atoms with E-state index < -0.39 is 17.6 Å². The lowest BCUT2D eigenvalue weighted by atomic mass is 9.97. The highest BCUT2D eigenvalue weighted by molar-refractivity contribution is 6.28. The predicted octanol–water partition coefficient (Wildman–Crippen LogP) is 3.52. The molecule has 1 aromatic heterocycles. The van der Waals surface area contributed by atoms with Crippen LogP contribution in [0.1, 0.15) is 21.5 Å². The molecular weight excluding hydrogens is 345 g/mol. The topological polar surface area (TPSA) is 58.1 Å².